The first kappa shape index (κ1) is 20.3. The summed E-state index contributed by atoms with van der Waals surface area (Å²) < 4.78 is 5.51. The van der Waals surface area contributed by atoms with E-state index >= 15 is 0 Å². The summed E-state index contributed by atoms with van der Waals surface area (Å²) in [6, 6.07) is 11.6. The average molecular weight is 412 g/mol. The van der Waals surface area contributed by atoms with Crippen molar-refractivity contribution < 1.29 is 9.53 Å². The van der Waals surface area contributed by atoms with Crippen LogP contribution in [0.4, 0.5) is 4.79 Å². The SMILES string of the molecule is CN(CCC1CC1)C1(c2ccccc2)CCC2(CC1)CN(C1CCOCC1)C(=O)N2. The van der Waals surface area contributed by atoms with Crippen LogP contribution in [0.15, 0.2) is 30.3 Å². The van der Waals surface area contributed by atoms with E-state index in [0.29, 0.717) is 6.04 Å². The molecule has 2 saturated carbocycles. The lowest BCUT2D eigenvalue weighted by molar-refractivity contribution is 0.0303. The maximum absolute atomic E-state index is 12.9. The summed E-state index contributed by atoms with van der Waals surface area (Å²) in [4.78, 5) is 17.6. The molecule has 0 radical (unpaired) electrons. The zero-order chi connectivity index (χ0) is 20.6. The number of nitrogens with zero attached hydrogens (tertiary/aromatic N) is 2. The minimum atomic E-state index is -0.0506. The number of benzene rings is 1. The Hall–Kier alpha value is -1.59. The highest BCUT2D eigenvalue weighted by molar-refractivity contribution is 5.78. The Bertz CT molecular complexity index is 734. The summed E-state index contributed by atoms with van der Waals surface area (Å²) >= 11 is 0. The molecule has 1 N–H and O–H groups in total. The minimum absolute atomic E-state index is 0.0506. The van der Waals surface area contributed by atoms with Gasteiger partial charge in [-0.05, 0) is 70.0 Å². The second kappa shape index (κ2) is 8.16. The molecule has 5 rings (SSSR count). The lowest BCUT2D eigenvalue weighted by atomic mass is 9.68. The van der Waals surface area contributed by atoms with Crippen LogP contribution in [-0.2, 0) is 10.3 Å². The predicted molar refractivity (Wildman–Crippen MR) is 118 cm³/mol. The molecule has 2 aliphatic carbocycles. The van der Waals surface area contributed by atoms with Gasteiger partial charge in [0.15, 0.2) is 0 Å². The number of nitrogens with one attached hydrogen (secondary N) is 1. The minimum Gasteiger partial charge on any atom is -0.381 e. The van der Waals surface area contributed by atoms with Gasteiger partial charge in [0, 0.05) is 31.3 Å². The second-order valence-electron chi connectivity index (χ2n) is 10.2. The molecular weight excluding hydrogens is 374 g/mol. The average Bonchev–Trinajstić information content (AvgIpc) is 3.57. The molecule has 4 fully saturated rings. The van der Waals surface area contributed by atoms with E-state index in [-0.39, 0.29) is 17.1 Å². The van der Waals surface area contributed by atoms with Crippen LogP contribution in [0.3, 0.4) is 0 Å². The van der Waals surface area contributed by atoms with E-state index in [4.69, 9.17) is 4.74 Å². The molecule has 0 bridgehead atoms. The molecule has 164 valence electrons. The first-order valence-corrected chi connectivity index (χ1v) is 12.0. The van der Waals surface area contributed by atoms with Crippen molar-refractivity contribution in [2.75, 3.05) is 33.4 Å². The number of urea groups is 1. The highest BCUT2D eigenvalue weighted by Gasteiger charge is 2.51. The molecule has 5 nitrogen and oxygen atoms in total. The van der Waals surface area contributed by atoms with E-state index in [1.165, 1.54) is 31.4 Å². The Kier molecular flexibility index (Phi) is 5.53. The molecule has 1 aromatic carbocycles. The highest BCUT2D eigenvalue weighted by Crippen LogP contribution is 2.47. The summed E-state index contributed by atoms with van der Waals surface area (Å²) in [7, 11) is 2.33. The maximum atomic E-state index is 12.9. The molecule has 0 aromatic heterocycles. The Morgan fingerprint density at radius 2 is 1.77 bits per heavy atom. The fourth-order valence-corrected chi connectivity index (χ4v) is 6.09. The third-order valence-electron chi connectivity index (χ3n) is 8.38. The first-order chi connectivity index (χ1) is 14.6. The van der Waals surface area contributed by atoms with Crippen molar-refractivity contribution in [3.8, 4) is 0 Å². The smallest absolute Gasteiger partial charge is 0.318 e. The Labute approximate surface area is 181 Å². The number of carbonyl (C=O) groups excluding carboxylic acids is 1. The third kappa shape index (κ3) is 3.87. The van der Waals surface area contributed by atoms with E-state index < -0.39 is 0 Å². The molecule has 0 atom stereocenters. The van der Waals surface area contributed by atoms with Gasteiger partial charge in [-0.3, -0.25) is 4.90 Å². The van der Waals surface area contributed by atoms with E-state index in [2.05, 4.69) is 52.5 Å². The fourth-order valence-electron chi connectivity index (χ4n) is 6.09. The summed E-state index contributed by atoms with van der Waals surface area (Å²) in [5.41, 5.74) is 1.49. The van der Waals surface area contributed by atoms with Crippen molar-refractivity contribution in [2.45, 2.75) is 74.9 Å². The molecule has 1 spiro atoms. The Morgan fingerprint density at radius 1 is 1.07 bits per heavy atom. The number of carbonyl (C=O) groups is 1. The van der Waals surface area contributed by atoms with Gasteiger partial charge in [0.1, 0.15) is 0 Å². The van der Waals surface area contributed by atoms with Crippen LogP contribution in [0.5, 0.6) is 0 Å². The fraction of sp³-hybridized carbons (Fsp3) is 0.720. The second-order valence-corrected chi connectivity index (χ2v) is 10.2. The summed E-state index contributed by atoms with van der Waals surface area (Å²) in [6.45, 7) is 3.61. The quantitative estimate of drug-likeness (QED) is 0.765. The van der Waals surface area contributed by atoms with E-state index in [9.17, 15) is 4.79 Å². The van der Waals surface area contributed by atoms with Crippen molar-refractivity contribution in [1.29, 1.82) is 0 Å². The van der Waals surface area contributed by atoms with Crippen LogP contribution in [0.25, 0.3) is 0 Å². The molecule has 30 heavy (non-hydrogen) atoms. The monoisotopic (exact) mass is 411 g/mol. The van der Waals surface area contributed by atoms with Gasteiger partial charge in [0.25, 0.3) is 0 Å². The topological polar surface area (TPSA) is 44.8 Å². The largest absolute Gasteiger partial charge is 0.381 e. The molecule has 1 aromatic rings. The number of ether oxygens (including phenoxy) is 1. The van der Waals surface area contributed by atoms with Crippen molar-refractivity contribution in [3.63, 3.8) is 0 Å². The summed E-state index contributed by atoms with van der Waals surface area (Å²) in [5.74, 6) is 0.956. The zero-order valence-electron chi connectivity index (χ0n) is 18.4. The van der Waals surface area contributed by atoms with Gasteiger partial charge >= 0.3 is 6.03 Å². The van der Waals surface area contributed by atoms with Gasteiger partial charge in [-0.2, -0.15) is 0 Å². The van der Waals surface area contributed by atoms with Crippen molar-refractivity contribution in [2.24, 2.45) is 5.92 Å². The first-order valence-electron chi connectivity index (χ1n) is 12.0. The number of amides is 2. The number of hydrogen-bond donors (Lipinski definition) is 1. The standard InChI is InChI=1S/C25H37N3O2/c1-27(16-9-20-7-8-20)25(21-5-3-2-4-6-21)14-12-24(13-15-25)19-28(23(29)26-24)22-10-17-30-18-11-22/h2-6,20,22H,7-19H2,1H3,(H,26,29). The summed E-state index contributed by atoms with van der Waals surface area (Å²) in [6.07, 6.45) is 10.4. The molecule has 2 aliphatic heterocycles. The van der Waals surface area contributed by atoms with Crippen LogP contribution in [0.2, 0.25) is 0 Å². The molecular formula is C25H37N3O2. The van der Waals surface area contributed by atoms with E-state index in [1.807, 2.05) is 0 Å². The van der Waals surface area contributed by atoms with Crippen LogP contribution >= 0.6 is 0 Å². The Morgan fingerprint density at radius 3 is 2.43 bits per heavy atom. The molecule has 0 unspecified atom stereocenters. The lowest BCUT2D eigenvalue weighted by Crippen LogP contribution is -2.55. The van der Waals surface area contributed by atoms with E-state index in [1.54, 1.807) is 0 Å². The van der Waals surface area contributed by atoms with Crippen molar-refractivity contribution in [3.05, 3.63) is 35.9 Å². The van der Waals surface area contributed by atoms with Crippen molar-refractivity contribution >= 4 is 6.03 Å². The normalized spacial score (nSPS) is 32.7. The highest BCUT2D eigenvalue weighted by atomic mass is 16.5. The van der Waals surface area contributed by atoms with Crippen molar-refractivity contribution in [1.82, 2.24) is 15.1 Å². The van der Waals surface area contributed by atoms with Gasteiger partial charge in [0.2, 0.25) is 0 Å². The zero-order valence-corrected chi connectivity index (χ0v) is 18.4. The van der Waals surface area contributed by atoms with Gasteiger partial charge in [-0.1, -0.05) is 43.2 Å². The number of rotatable bonds is 6. The predicted octanol–water partition coefficient (Wildman–Crippen LogP) is 4.13. The van der Waals surface area contributed by atoms with Gasteiger partial charge in [0.05, 0.1) is 5.54 Å². The van der Waals surface area contributed by atoms with Gasteiger partial charge in [-0.15, -0.1) is 0 Å². The van der Waals surface area contributed by atoms with Crippen LogP contribution in [-0.4, -0.2) is 60.8 Å². The molecule has 2 saturated heterocycles. The third-order valence-corrected chi connectivity index (χ3v) is 8.38. The van der Waals surface area contributed by atoms with Gasteiger partial charge < -0.3 is 15.0 Å². The van der Waals surface area contributed by atoms with E-state index in [0.717, 1.165) is 64.2 Å². The van der Waals surface area contributed by atoms with Crippen LogP contribution in [0.1, 0.15) is 63.4 Å². The maximum Gasteiger partial charge on any atom is 0.318 e. The lowest BCUT2D eigenvalue weighted by Gasteiger charge is -2.50. The van der Waals surface area contributed by atoms with Gasteiger partial charge in [-0.25, -0.2) is 4.79 Å². The molecule has 2 heterocycles. The number of hydrogen-bond acceptors (Lipinski definition) is 3. The molecule has 2 amide bonds. The Balaban J connectivity index is 1.31. The summed E-state index contributed by atoms with van der Waals surface area (Å²) in [5, 5.41) is 3.43. The van der Waals surface area contributed by atoms with Crippen LogP contribution < -0.4 is 5.32 Å². The molecule has 5 heteroatoms. The molecule has 4 aliphatic rings. The van der Waals surface area contributed by atoms with Crippen LogP contribution in [0, 0.1) is 5.92 Å².